The van der Waals surface area contributed by atoms with E-state index in [0.717, 1.165) is 0 Å². The SMILES string of the molecule is C=C/C=C\C(=C)NC(=O)CC(C)=O. The smallest absolute Gasteiger partial charge is 0.231 e. The second-order valence-electron chi connectivity index (χ2n) is 2.55. The van der Waals surface area contributed by atoms with Crippen LogP contribution in [-0.2, 0) is 9.59 Å². The lowest BCUT2D eigenvalue weighted by atomic mass is 10.3. The van der Waals surface area contributed by atoms with E-state index in [9.17, 15) is 9.59 Å². The maximum atomic E-state index is 11.0. The molecule has 1 amide bonds. The first-order valence-electron chi connectivity index (χ1n) is 3.83. The van der Waals surface area contributed by atoms with Gasteiger partial charge in [-0.3, -0.25) is 9.59 Å². The van der Waals surface area contributed by atoms with Gasteiger partial charge in [-0.05, 0) is 13.0 Å². The molecule has 0 aliphatic heterocycles. The fourth-order valence-corrected chi connectivity index (χ4v) is 0.675. The minimum atomic E-state index is -0.341. The first-order chi connectivity index (χ1) is 6.06. The number of carbonyl (C=O) groups excluding carboxylic acids is 2. The van der Waals surface area contributed by atoms with Crippen molar-refractivity contribution in [3.63, 3.8) is 0 Å². The van der Waals surface area contributed by atoms with Crippen LogP contribution in [-0.4, -0.2) is 11.7 Å². The summed E-state index contributed by atoms with van der Waals surface area (Å²) in [7, 11) is 0. The Morgan fingerprint density at radius 2 is 2.08 bits per heavy atom. The van der Waals surface area contributed by atoms with Gasteiger partial charge in [0.25, 0.3) is 0 Å². The van der Waals surface area contributed by atoms with Gasteiger partial charge in [0.15, 0.2) is 0 Å². The highest BCUT2D eigenvalue weighted by molar-refractivity contribution is 5.97. The van der Waals surface area contributed by atoms with Gasteiger partial charge in [0, 0.05) is 5.70 Å². The van der Waals surface area contributed by atoms with Crippen molar-refractivity contribution in [3.05, 3.63) is 37.1 Å². The van der Waals surface area contributed by atoms with Crippen LogP contribution in [0, 0.1) is 0 Å². The molecule has 0 atom stereocenters. The quantitative estimate of drug-likeness (QED) is 0.511. The first kappa shape index (κ1) is 11.4. The molecule has 3 heteroatoms. The van der Waals surface area contributed by atoms with Gasteiger partial charge in [-0.1, -0.05) is 25.3 Å². The molecule has 0 rings (SSSR count). The molecule has 0 aromatic rings. The molecule has 0 aliphatic carbocycles. The molecule has 1 N–H and O–H groups in total. The van der Waals surface area contributed by atoms with E-state index in [4.69, 9.17) is 0 Å². The number of rotatable bonds is 5. The third-order valence-corrected chi connectivity index (χ3v) is 1.14. The topological polar surface area (TPSA) is 46.2 Å². The second-order valence-corrected chi connectivity index (χ2v) is 2.55. The van der Waals surface area contributed by atoms with Crippen molar-refractivity contribution in [2.45, 2.75) is 13.3 Å². The van der Waals surface area contributed by atoms with Gasteiger partial charge in [-0.15, -0.1) is 0 Å². The van der Waals surface area contributed by atoms with E-state index in [1.54, 1.807) is 18.2 Å². The molecule has 0 bridgehead atoms. The number of nitrogens with one attached hydrogen (secondary N) is 1. The van der Waals surface area contributed by atoms with Crippen LogP contribution >= 0.6 is 0 Å². The van der Waals surface area contributed by atoms with E-state index in [0.29, 0.717) is 5.70 Å². The maximum Gasteiger partial charge on any atom is 0.231 e. The van der Waals surface area contributed by atoms with Gasteiger partial charge in [-0.25, -0.2) is 0 Å². The molecule has 0 spiro atoms. The van der Waals surface area contributed by atoms with Gasteiger partial charge < -0.3 is 5.32 Å². The van der Waals surface area contributed by atoms with Crippen molar-refractivity contribution in [2.24, 2.45) is 0 Å². The number of ketones is 1. The van der Waals surface area contributed by atoms with E-state index in [-0.39, 0.29) is 18.1 Å². The molecular weight excluding hydrogens is 166 g/mol. The van der Waals surface area contributed by atoms with Gasteiger partial charge in [-0.2, -0.15) is 0 Å². The standard InChI is InChI=1S/C10H13NO2/c1-4-5-6-8(2)11-10(13)7-9(3)12/h4-6H,1-2,7H2,3H3,(H,11,13)/b6-5-. The van der Waals surface area contributed by atoms with Crippen LogP contribution in [0.15, 0.2) is 37.1 Å². The summed E-state index contributed by atoms with van der Waals surface area (Å²) in [4.78, 5) is 21.5. The number of carbonyl (C=O) groups is 2. The zero-order valence-electron chi connectivity index (χ0n) is 7.67. The van der Waals surface area contributed by atoms with Crippen LogP contribution in [0.25, 0.3) is 0 Å². The minimum absolute atomic E-state index is 0.110. The van der Waals surface area contributed by atoms with Gasteiger partial charge in [0.2, 0.25) is 5.91 Å². The zero-order chi connectivity index (χ0) is 10.3. The van der Waals surface area contributed by atoms with E-state index in [2.05, 4.69) is 18.5 Å². The normalized spacial score (nSPS) is 9.62. The number of amides is 1. The average molecular weight is 179 g/mol. The summed E-state index contributed by atoms with van der Waals surface area (Å²) >= 11 is 0. The third-order valence-electron chi connectivity index (χ3n) is 1.14. The van der Waals surface area contributed by atoms with Crippen LogP contribution in [0.5, 0.6) is 0 Å². The summed E-state index contributed by atoms with van der Waals surface area (Å²) in [6.45, 7) is 8.39. The molecule has 0 radical (unpaired) electrons. The third kappa shape index (κ3) is 6.75. The van der Waals surface area contributed by atoms with Crippen LogP contribution in [0.1, 0.15) is 13.3 Å². The molecule has 0 unspecified atom stereocenters. The minimum Gasteiger partial charge on any atom is -0.326 e. The highest BCUT2D eigenvalue weighted by atomic mass is 16.2. The van der Waals surface area contributed by atoms with Crippen molar-refractivity contribution in [1.29, 1.82) is 0 Å². The maximum absolute atomic E-state index is 11.0. The van der Waals surface area contributed by atoms with Crippen LogP contribution < -0.4 is 5.32 Å². The van der Waals surface area contributed by atoms with E-state index < -0.39 is 0 Å². The summed E-state index contributed by atoms with van der Waals surface area (Å²) in [6, 6.07) is 0. The number of allylic oxidation sites excluding steroid dienone is 3. The Morgan fingerprint density at radius 1 is 1.46 bits per heavy atom. The van der Waals surface area contributed by atoms with Gasteiger partial charge >= 0.3 is 0 Å². The molecule has 70 valence electrons. The van der Waals surface area contributed by atoms with Crippen molar-refractivity contribution in [1.82, 2.24) is 5.32 Å². The van der Waals surface area contributed by atoms with Crippen molar-refractivity contribution in [3.8, 4) is 0 Å². The summed E-state index contributed by atoms with van der Waals surface area (Å²) in [6.07, 6.45) is 4.71. The predicted octanol–water partition coefficient (Wildman–Crippen LogP) is 1.34. The van der Waals surface area contributed by atoms with Gasteiger partial charge in [0.05, 0.1) is 6.42 Å². The van der Waals surface area contributed by atoms with Crippen LogP contribution in [0.2, 0.25) is 0 Å². The lowest BCUT2D eigenvalue weighted by Gasteiger charge is -2.01. The Bertz CT molecular complexity index is 264. The summed E-state index contributed by atoms with van der Waals surface area (Å²) in [5.74, 6) is -0.510. The average Bonchev–Trinajstić information content (AvgIpc) is 1.98. The summed E-state index contributed by atoms with van der Waals surface area (Å²) in [5, 5.41) is 2.46. The Hall–Kier alpha value is -1.64. The Labute approximate surface area is 77.8 Å². The number of Topliss-reactive ketones (excluding diaryl/α,β-unsaturated/α-hetero) is 1. The molecule has 0 heterocycles. The Kier molecular flexibility index (Phi) is 5.19. The Morgan fingerprint density at radius 3 is 2.54 bits per heavy atom. The first-order valence-corrected chi connectivity index (χ1v) is 3.83. The zero-order valence-corrected chi connectivity index (χ0v) is 7.67. The molecule has 0 saturated heterocycles. The largest absolute Gasteiger partial charge is 0.326 e. The molecule has 0 saturated carbocycles. The molecule has 0 fully saturated rings. The summed E-state index contributed by atoms with van der Waals surface area (Å²) in [5.41, 5.74) is 0.450. The molecule has 0 aliphatic rings. The van der Waals surface area contributed by atoms with Crippen LogP contribution in [0.3, 0.4) is 0 Å². The fraction of sp³-hybridized carbons (Fsp3) is 0.200. The lowest BCUT2D eigenvalue weighted by Crippen LogP contribution is -2.22. The highest BCUT2D eigenvalue weighted by Crippen LogP contribution is 1.90. The second kappa shape index (κ2) is 5.94. The highest BCUT2D eigenvalue weighted by Gasteiger charge is 2.03. The molecule has 13 heavy (non-hydrogen) atoms. The lowest BCUT2D eigenvalue weighted by molar-refractivity contribution is -0.126. The van der Waals surface area contributed by atoms with E-state index in [1.807, 2.05) is 0 Å². The molecule has 0 aromatic carbocycles. The molecule has 0 aromatic heterocycles. The monoisotopic (exact) mass is 179 g/mol. The number of hydrogen-bond acceptors (Lipinski definition) is 2. The summed E-state index contributed by atoms with van der Waals surface area (Å²) < 4.78 is 0. The predicted molar refractivity (Wildman–Crippen MR) is 51.9 cm³/mol. The fourth-order valence-electron chi connectivity index (χ4n) is 0.675. The van der Waals surface area contributed by atoms with Crippen molar-refractivity contribution >= 4 is 11.7 Å². The Balaban J connectivity index is 3.92. The van der Waals surface area contributed by atoms with Gasteiger partial charge in [0.1, 0.15) is 5.78 Å². The number of hydrogen-bond donors (Lipinski definition) is 1. The van der Waals surface area contributed by atoms with Crippen molar-refractivity contribution in [2.75, 3.05) is 0 Å². The molecule has 3 nitrogen and oxygen atoms in total. The van der Waals surface area contributed by atoms with E-state index >= 15 is 0 Å². The van der Waals surface area contributed by atoms with E-state index in [1.165, 1.54) is 6.92 Å². The molecular formula is C10H13NO2. The van der Waals surface area contributed by atoms with Crippen LogP contribution in [0.4, 0.5) is 0 Å². The van der Waals surface area contributed by atoms with Crippen molar-refractivity contribution < 1.29 is 9.59 Å².